The van der Waals surface area contributed by atoms with Gasteiger partial charge < -0.3 is 19.9 Å². The van der Waals surface area contributed by atoms with Gasteiger partial charge in [0, 0.05) is 18.2 Å². The maximum absolute atomic E-state index is 12.0. The zero-order valence-electron chi connectivity index (χ0n) is 10.00. The molecule has 1 aliphatic heterocycles. The van der Waals surface area contributed by atoms with Crippen LogP contribution in [0, 0.1) is 0 Å². The first-order valence-corrected chi connectivity index (χ1v) is 5.86. The number of hydrogen-bond acceptors (Lipinski definition) is 5. The molecule has 0 spiro atoms. The van der Waals surface area contributed by atoms with Crippen molar-refractivity contribution in [3.05, 3.63) is 32.6 Å². The third-order valence-corrected chi connectivity index (χ3v) is 3.14. The average molecular weight is 256 g/mol. The van der Waals surface area contributed by atoms with Crippen molar-refractivity contribution in [1.82, 2.24) is 9.55 Å². The molecule has 2 rings (SSSR count). The molecule has 0 aromatic carbocycles. The van der Waals surface area contributed by atoms with E-state index in [0.29, 0.717) is 12.0 Å². The molecule has 0 bridgehead atoms. The first kappa shape index (κ1) is 13.0. The van der Waals surface area contributed by atoms with Crippen LogP contribution in [-0.4, -0.2) is 38.6 Å². The predicted octanol–water partition coefficient (Wildman–Crippen LogP) is -1.26. The lowest BCUT2D eigenvalue weighted by Crippen LogP contribution is -2.39. The van der Waals surface area contributed by atoms with E-state index >= 15 is 0 Å². The topological polar surface area (TPSA) is 105 Å². The fourth-order valence-electron chi connectivity index (χ4n) is 2.08. The Kier molecular flexibility index (Phi) is 3.65. The van der Waals surface area contributed by atoms with Gasteiger partial charge in [0.25, 0.3) is 5.56 Å². The molecule has 1 saturated heterocycles. The van der Waals surface area contributed by atoms with Crippen LogP contribution in [0.4, 0.5) is 0 Å². The van der Waals surface area contributed by atoms with Crippen LogP contribution in [0.2, 0.25) is 0 Å². The summed E-state index contributed by atoms with van der Waals surface area (Å²) in [6.07, 6.45) is -0.478. The van der Waals surface area contributed by atoms with Crippen molar-refractivity contribution in [3.8, 4) is 0 Å². The van der Waals surface area contributed by atoms with Gasteiger partial charge in [0.15, 0.2) is 0 Å². The maximum Gasteiger partial charge on any atom is 0.330 e. The second kappa shape index (κ2) is 5.05. The molecule has 3 atom stereocenters. The van der Waals surface area contributed by atoms with Crippen molar-refractivity contribution in [2.75, 3.05) is 6.61 Å². The van der Waals surface area contributed by atoms with Gasteiger partial charge in [0.1, 0.15) is 12.3 Å². The standard InChI is InChI=1S/C11H16N2O5/c1-2-6-4-12-11(17)13(10(6)16)9-3-7(15)8(5-14)18-9/h4,7-9,14-15H,2-3,5H2,1H3,(H,12,17)/t7-,8-,9-/m1/s1. The fourth-order valence-corrected chi connectivity index (χ4v) is 2.08. The molecule has 100 valence electrons. The van der Waals surface area contributed by atoms with E-state index in [-0.39, 0.29) is 13.0 Å². The first-order valence-electron chi connectivity index (χ1n) is 5.86. The SMILES string of the molecule is CCc1c[nH]c(=O)n([C@H]2C[C@@H](O)[C@@H](CO)O2)c1=O. The van der Waals surface area contributed by atoms with Crippen molar-refractivity contribution >= 4 is 0 Å². The highest BCUT2D eigenvalue weighted by Crippen LogP contribution is 2.26. The third-order valence-electron chi connectivity index (χ3n) is 3.14. The van der Waals surface area contributed by atoms with Gasteiger partial charge in [0.05, 0.1) is 12.7 Å². The lowest BCUT2D eigenvalue weighted by Gasteiger charge is -2.14. The molecular formula is C11H16N2O5. The summed E-state index contributed by atoms with van der Waals surface area (Å²) in [6, 6.07) is 0. The minimum Gasteiger partial charge on any atom is -0.394 e. The molecule has 7 nitrogen and oxygen atoms in total. The number of aliphatic hydroxyl groups excluding tert-OH is 2. The van der Waals surface area contributed by atoms with Crippen molar-refractivity contribution < 1.29 is 14.9 Å². The Labute approximate surface area is 103 Å². The van der Waals surface area contributed by atoms with Crippen molar-refractivity contribution in [2.45, 2.75) is 38.2 Å². The molecule has 0 aliphatic carbocycles. The zero-order valence-corrected chi connectivity index (χ0v) is 10.00. The first-order chi connectivity index (χ1) is 8.58. The second-order valence-corrected chi connectivity index (χ2v) is 4.26. The summed E-state index contributed by atoms with van der Waals surface area (Å²) in [5.41, 5.74) is -0.523. The molecular weight excluding hydrogens is 240 g/mol. The van der Waals surface area contributed by atoms with E-state index in [1.165, 1.54) is 6.20 Å². The Balaban J connectivity index is 2.41. The van der Waals surface area contributed by atoms with E-state index in [1.54, 1.807) is 6.92 Å². The van der Waals surface area contributed by atoms with Crippen LogP contribution in [0.25, 0.3) is 0 Å². The molecule has 1 fully saturated rings. The number of ether oxygens (including phenoxy) is 1. The quantitative estimate of drug-likeness (QED) is 0.626. The molecule has 7 heteroatoms. The number of aromatic amines is 1. The van der Waals surface area contributed by atoms with E-state index in [9.17, 15) is 14.7 Å². The van der Waals surface area contributed by atoms with E-state index in [4.69, 9.17) is 9.84 Å². The van der Waals surface area contributed by atoms with Gasteiger partial charge in [-0.3, -0.25) is 4.79 Å². The Hall–Kier alpha value is -1.44. The highest BCUT2D eigenvalue weighted by Gasteiger charge is 2.35. The Morgan fingerprint density at radius 3 is 2.83 bits per heavy atom. The maximum atomic E-state index is 12.0. The van der Waals surface area contributed by atoms with Crippen LogP contribution < -0.4 is 11.2 Å². The van der Waals surface area contributed by atoms with Gasteiger partial charge in [-0.25, -0.2) is 9.36 Å². The predicted molar refractivity (Wildman–Crippen MR) is 62.3 cm³/mol. The molecule has 18 heavy (non-hydrogen) atoms. The lowest BCUT2D eigenvalue weighted by molar-refractivity contribution is -0.0470. The van der Waals surface area contributed by atoms with Crippen LogP contribution in [-0.2, 0) is 11.2 Å². The summed E-state index contributed by atoms with van der Waals surface area (Å²) < 4.78 is 6.27. The normalized spacial score (nSPS) is 27.6. The Morgan fingerprint density at radius 2 is 2.28 bits per heavy atom. The molecule has 1 aromatic rings. The van der Waals surface area contributed by atoms with E-state index in [0.717, 1.165) is 4.57 Å². The smallest absolute Gasteiger partial charge is 0.330 e. The molecule has 0 unspecified atom stereocenters. The summed E-state index contributed by atoms with van der Waals surface area (Å²) in [5, 5.41) is 18.6. The average Bonchev–Trinajstić information content (AvgIpc) is 2.70. The van der Waals surface area contributed by atoms with Crippen LogP contribution in [0.1, 0.15) is 25.1 Å². The van der Waals surface area contributed by atoms with E-state index < -0.39 is 29.7 Å². The molecule has 1 aliphatic rings. The van der Waals surface area contributed by atoms with Gasteiger partial charge in [-0.2, -0.15) is 0 Å². The number of aliphatic hydroxyl groups is 2. The van der Waals surface area contributed by atoms with Crippen molar-refractivity contribution in [2.24, 2.45) is 0 Å². The van der Waals surface area contributed by atoms with Gasteiger partial charge in [-0.15, -0.1) is 0 Å². The van der Waals surface area contributed by atoms with E-state index in [1.807, 2.05) is 0 Å². The third kappa shape index (κ3) is 2.12. The van der Waals surface area contributed by atoms with Gasteiger partial charge in [-0.1, -0.05) is 6.92 Å². The summed E-state index contributed by atoms with van der Waals surface area (Å²) in [5.74, 6) is 0. The lowest BCUT2D eigenvalue weighted by atomic mass is 10.2. The largest absolute Gasteiger partial charge is 0.394 e. The van der Waals surface area contributed by atoms with Crippen LogP contribution in [0.15, 0.2) is 15.8 Å². The van der Waals surface area contributed by atoms with Gasteiger partial charge in [0.2, 0.25) is 0 Å². The summed E-state index contributed by atoms with van der Waals surface area (Å²) >= 11 is 0. The molecule has 0 radical (unpaired) electrons. The molecule has 0 saturated carbocycles. The van der Waals surface area contributed by atoms with Crippen molar-refractivity contribution in [1.29, 1.82) is 0 Å². The summed E-state index contributed by atoms with van der Waals surface area (Å²) in [4.78, 5) is 26.2. The summed E-state index contributed by atoms with van der Waals surface area (Å²) in [7, 11) is 0. The number of aromatic nitrogens is 2. The van der Waals surface area contributed by atoms with E-state index in [2.05, 4.69) is 4.98 Å². The molecule has 1 aromatic heterocycles. The van der Waals surface area contributed by atoms with Crippen molar-refractivity contribution in [3.63, 3.8) is 0 Å². The fraction of sp³-hybridized carbons (Fsp3) is 0.636. The van der Waals surface area contributed by atoms with Crippen LogP contribution in [0.3, 0.4) is 0 Å². The number of aryl methyl sites for hydroxylation is 1. The number of hydrogen-bond donors (Lipinski definition) is 3. The molecule has 0 amide bonds. The minimum atomic E-state index is -0.878. The van der Waals surface area contributed by atoms with Crippen LogP contribution >= 0.6 is 0 Å². The van der Waals surface area contributed by atoms with Gasteiger partial charge in [-0.05, 0) is 6.42 Å². The minimum absolute atomic E-state index is 0.112. The Bertz CT molecular complexity index is 535. The number of nitrogens with zero attached hydrogens (tertiary/aromatic N) is 1. The molecule has 2 heterocycles. The van der Waals surface area contributed by atoms with Gasteiger partial charge >= 0.3 is 5.69 Å². The Morgan fingerprint density at radius 1 is 1.56 bits per heavy atom. The molecule has 3 N–H and O–H groups in total. The number of H-pyrrole nitrogens is 1. The number of nitrogens with one attached hydrogen (secondary N) is 1. The highest BCUT2D eigenvalue weighted by atomic mass is 16.5. The van der Waals surface area contributed by atoms with Crippen LogP contribution in [0.5, 0.6) is 0 Å². The zero-order chi connectivity index (χ0) is 13.3. The second-order valence-electron chi connectivity index (χ2n) is 4.26. The monoisotopic (exact) mass is 256 g/mol. The highest BCUT2D eigenvalue weighted by molar-refractivity contribution is 5.05. The summed E-state index contributed by atoms with van der Waals surface area (Å²) in [6.45, 7) is 1.46. The number of rotatable bonds is 3.